The van der Waals surface area contributed by atoms with Crippen molar-refractivity contribution in [1.82, 2.24) is 4.90 Å². The van der Waals surface area contributed by atoms with E-state index >= 15 is 0 Å². The van der Waals surface area contributed by atoms with Gasteiger partial charge in [0.25, 0.3) is 0 Å². The summed E-state index contributed by atoms with van der Waals surface area (Å²) in [5, 5.41) is 0. The van der Waals surface area contributed by atoms with E-state index in [0.717, 1.165) is 13.0 Å². The Morgan fingerprint density at radius 3 is 2.70 bits per heavy atom. The molecule has 1 saturated heterocycles. The first-order valence-electron chi connectivity index (χ1n) is 3.02. The zero-order chi connectivity index (χ0) is 7.56. The molecule has 0 atom stereocenters. The van der Waals surface area contributed by atoms with Crippen LogP contribution in [0.15, 0.2) is 10.7 Å². The van der Waals surface area contributed by atoms with Crippen molar-refractivity contribution in [2.75, 3.05) is 6.54 Å². The van der Waals surface area contributed by atoms with Crippen LogP contribution in [-0.4, -0.2) is 17.4 Å². The normalized spacial score (nSPS) is 17.8. The first kappa shape index (κ1) is 7.89. The van der Waals surface area contributed by atoms with Gasteiger partial charge in [0.05, 0.1) is 0 Å². The number of halogens is 2. The Balaban J connectivity index is 2.56. The molecule has 56 valence electrons. The van der Waals surface area contributed by atoms with E-state index in [1.165, 1.54) is 11.1 Å². The maximum Gasteiger partial charge on any atom is 0.226 e. The van der Waals surface area contributed by atoms with Gasteiger partial charge in [-0.15, -0.1) is 0 Å². The second-order valence-corrected chi connectivity index (χ2v) is 3.12. The fourth-order valence-corrected chi connectivity index (χ4v) is 1.16. The van der Waals surface area contributed by atoms with Crippen LogP contribution in [0.25, 0.3) is 0 Å². The number of rotatable bonds is 1. The average Bonchev–Trinajstić information content (AvgIpc) is 2.15. The monoisotopic (exact) mass is 179 g/mol. The van der Waals surface area contributed by atoms with Crippen molar-refractivity contribution in [1.29, 1.82) is 0 Å². The molecule has 0 radical (unpaired) electrons. The Kier molecular flexibility index (Phi) is 2.57. The summed E-state index contributed by atoms with van der Waals surface area (Å²) in [7, 11) is 0. The highest BCUT2D eigenvalue weighted by molar-refractivity contribution is 6.55. The molecular weight excluding hydrogens is 173 g/mol. The summed E-state index contributed by atoms with van der Waals surface area (Å²) in [6, 6.07) is 0. The highest BCUT2D eigenvalue weighted by Crippen LogP contribution is 2.14. The number of nitrogens with zero attached hydrogens (tertiary/aromatic N) is 1. The molecule has 0 aromatic rings. The summed E-state index contributed by atoms with van der Waals surface area (Å²) in [6.07, 6.45) is 2.96. The minimum atomic E-state index is 0.0961. The number of hydrogen-bond donors (Lipinski definition) is 0. The third-order valence-electron chi connectivity index (χ3n) is 1.36. The smallest absolute Gasteiger partial charge is 0.226 e. The maximum absolute atomic E-state index is 10.9. The molecule has 0 saturated carbocycles. The van der Waals surface area contributed by atoms with Crippen molar-refractivity contribution in [3.63, 3.8) is 0 Å². The Bertz CT molecular complexity index is 175. The predicted molar refractivity (Wildman–Crippen MR) is 40.7 cm³/mol. The highest BCUT2D eigenvalue weighted by atomic mass is 35.5. The first-order chi connectivity index (χ1) is 4.70. The molecule has 0 bridgehead atoms. The van der Waals surface area contributed by atoms with Crippen LogP contribution in [0.3, 0.4) is 0 Å². The van der Waals surface area contributed by atoms with Gasteiger partial charge in [-0.2, -0.15) is 0 Å². The third kappa shape index (κ3) is 1.89. The molecule has 0 unspecified atom stereocenters. The van der Waals surface area contributed by atoms with Crippen LogP contribution in [0.5, 0.6) is 0 Å². The van der Waals surface area contributed by atoms with Crippen LogP contribution in [0.2, 0.25) is 0 Å². The lowest BCUT2D eigenvalue weighted by atomic mass is 10.4. The van der Waals surface area contributed by atoms with E-state index in [9.17, 15) is 4.79 Å². The second kappa shape index (κ2) is 3.26. The Morgan fingerprint density at radius 2 is 2.30 bits per heavy atom. The summed E-state index contributed by atoms with van der Waals surface area (Å²) in [5.74, 6) is 0.0961. The number of carbonyl (C=O) groups excluding carboxylic acids is 1. The SMILES string of the molecule is O=C1CCCN1C=C(Cl)Cl. The van der Waals surface area contributed by atoms with E-state index in [4.69, 9.17) is 23.2 Å². The molecule has 1 aliphatic heterocycles. The van der Waals surface area contributed by atoms with E-state index in [1.54, 1.807) is 0 Å². The van der Waals surface area contributed by atoms with E-state index in [0.29, 0.717) is 6.42 Å². The Hall–Kier alpha value is -0.210. The lowest BCUT2D eigenvalue weighted by molar-refractivity contribution is -0.125. The molecule has 1 amide bonds. The van der Waals surface area contributed by atoms with Crippen LogP contribution in [0.4, 0.5) is 0 Å². The molecular formula is C6H7Cl2NO. The predicted octanol–water partition coefficient (Wildman–Crippen LogP) is 1.89. The van der Waals surface area contributed by atoms with Crippen molar-refractivity contribution < 1.29 is 4.79 Å². The second-order valence-electron chi connectivity index (χ2n) is 2.11. The third-order valence-corrected chi connectivity index (χ3v) is 1.56. The van der Waals surface area contributed by atoms with Gasteiger partial charge in [-0.05, 0) is 6.42 Å². The van der Waals surface area contributed by atoms with Gasteiger partial charge in [0, 0.05) is 19.2 Å². The molecule has 0 aromatic heterocycles. The first-order valence-corrected chi connectivity index (χ1v) is 3.78. The van der Waals surface area contributed by atoms with Gasteiger partial charge in [0.1, 0.15) is 4.49 Å². The molecule has 1 aliphatic rings. The van der Waals surface area contributed by atoms with Gasteiger partial charge in [-0.3, -0.25) is 4.79 Å². The molecule has 0 aromatic carbocycles. The van der Waals surface area contributed by atoms with Crippen LogP contribution >= 0.6 is 23.2 Å². The zero-order valence-corrected chi connectivity index (χ0v) is 6.82. The lowest BCUT2D eigenvalue weighted by Gasteiger charge is -2.07. The molecule has 1 fully saturated rings. The van der Waals surface area contributed by atoms with Crippen molar-refractivity contribution in [2.45, 2.75) is 12.8 Å². The molecule has 0 aliphatic carbocycles. The van der Waals surface area contributed by atoms with Crippen molar-refractivity contribution >= 4 is 29.1 Å². The number of carbonyl (C=O) groups is 1. The molecule has 0 spiro atoms. The van der Waals surface area contributed by atoms with Crippen molar-refractivity contribution in [3.05, 3.63) is 10.7 Å². The molecule has 1 heterocycles. The number of hydrogen-bond acceptors (Lipinski definition) is 1. The standard InChI is InChI=1S/C6H7Cl2NO/c7-5(8)4-9-3-1-2-6(9)10/h4H,1-3H2. The zero-order valence-electron chi connectivity index (χ0n) is 5.31. The molecule has 10 heavy (non-hydrogen) atoms. The topological polar surface area (TPSA) is 20.3 Å². The summed E-state index contributed by atoms with van der Waals surface area (Å²) in [6.45, 7) is 0.738. The van der Waals surface area contributed by atoms with Gasteiger partial charge in [-0.1, -0.05) is 23.2 Å². The van der Waals surface area contributed by atoms with Crippen molar-refractivity contribution in [3.8, 4) is 0 Å². The maximum atomic E-state index is 10.9. The van der Waals surface area contributed by atoms with E-state index < -0.39 is 0 Å². The van der Waals surface area contributed by atoms with Gasteiger partial charge in [0.15, 0.2) is 0 Å². The summed E-state index contributed by atoms with van der Waals surface area (Å²) in [5.41, 5.74) is 0. The summed E-state index contributed by atoms with van der Waals surface area (Å²) in [4.78, 5) is 12.4. The van der Waals surface area contributed by atoms with Crippen LogP contribution in [-0.2, 0) is 4.79 Å². The van der Waals surface area contributed by atoms with E-state index in [2.05, 4.69) is 0 Å². The molecule has 1 rings (SSSR count). The minimum Gasteiger partial charge on any atom is -0.317 e. The van der Waals surface area contributed by atoms with Crippen LogP contribution in [0.1, 0.15) is 12.8 Å². The highest BCUT2D eigenvalue weighted by Gasteiger charge is 2.17. The van der Waals surface area contributed by atoms with Gasteiger partial charge in [0.2, 0.25) is 5.91 Å². The molecule has 0 N–H and O–H groups in total. The van der Waals surface area contributed by atoms with Crippen LogP contribution < -0.4 is 0 Å². The Labute approximate surface area is 69.4 Å². The van der Waals surface area contributed by atoms with Gasteiger partial charge >= 0.3 is 0 Å². The fourth-order valence-electron chi connectivity index (χ4n) is 0.923. The number of likely N-dealkylation sites (tertiary alicyclic amines) is 1. The summed E-state index contributed by atoms with van der Waals surface area (Å²) >= 11 is 10.7. The van der Waals surface area contributed by atoms with Gasteiger partial charge in [-0.25, -0.2) is 0 Å². The van der Waals surface area contributed by atoms with E-state index in [-0.39, 0.29) is 10.4 Å². The summed E-state index contributed by atoms with van der Waals surface area (Å²) < 4.78 is 0.134. The quantitative estimate of drug-likeness (QED) is 0.603. The Morgan fingerprint density at radius 1 is 1.60 bits per heavy atom. The molecule has 4 heteroatoms. The lowest BCUT2D eigenvalue weighted by Crippen LogP contribution is -2.17. The average molecular weight is 180 g/mol. The largest absolute Gasteiger partial charge is 0.317 e. The van der Waals surface area contributed by atoms with Crippen molar-refractivity contribution in [2.24, 2.45) is 0 Å². The van der Waals surface area contributed by atoms with Crippen LogP contribution in [0, 0.1) is 0 Å². The minimum absolute atomic E-state index is 0.0961. The molecule has 2 nitrogen and oxygen atoms in total. The van der Waals surface area contributed by atoms with E-state index in [1.807, 2.05) is 0 Å². The number of amides is 1. The van der Waals surface area contributed by atoms with Gasteiger partial charge < -0.3 is 4.90 Å². The fraction of sp³-hybridized carbons (Fsp3) is 0.500.